The van der Waals surface area contributed by atoms with E-state index in [0.29, 0.717) is 22.2 Å². The maximum absolute atomic E-state index is 14.7. The number of pyridine rings is 1. The van der Waals surface area contributed by atoms with Gasteiger partial charge in [0, 0.05) is 17.0 Å². The first-order valence-electron chi connectivity index (χ1n) is 11.1. The summed E-state index contributed by atoms with van der Waals surface area (Å²) >= 11 is 0.913. The number of rotatable bonds is 5. The molecule has 3 aromatic carbocycles. The summed E-state index contributed by atoms with van der Waals surface area (Å²) in [5.41, 5.74) is 2.31. The number of amides is 1. The van der Waals surface area contributed by atoms with Gasteiger partial charge in [-0.15, -0.1) is 0 Å². The molecule has 0 fully saturated rings. The van der Waals surface area contributed by atoms with Crippen LogP contribution in [-0.2, 0) is 16.1 Å². The van der Waals surface area contributed by atoms with Crippen molar-refractivity contribution in [1.29, 1.82) is 0 Å². The molecule has 180 valence electrons. The summed E-state index contributed by atoms with van der Waals surface area (Å²) < 4.78 is 35.1. The molecule has 0 bridgehead atoms. The second-order valence-corrected chi connectivity index (χ2v) is 8.87. The Balaban J connectivity index is 1.70. The number of carbonyl (C=O) groups excluding carboxylic acids is 2. The number of esters is 1. The fourth-order valence-corrected chi connectivity index (χ4v) is 5.02. The topological polar surface area (TPSA) is 73.6 Å². The molecule has 36 heavy (non-hydrogen) atoms. The van der Waals surface area contributed by atoms with Gasteiger partial charge in [0.2, 0.25) is 0 Å². The predicted octanol–water partition coefficient (Wildman–Crippen LogP) is 5.50. The van der Waals surface area contributed by atoms with Crippen LogP contribution >= 0.6 is 11.3 Å². The molecule has 0 saturated heterocycles. The number of nitrogens with zero attached hydrogens (tertiary/aromatic N) is 3. The third kappa shape index (κ3) is 4.52. The quantitative estimate of drug-likeness (QED) is 0.297. The molecule has 9 heteroatoms. The monoisotopic (exact) mass is 503 g/mol. The number of para-hydroxylation sites is 1. The molecule has 2 aromatic heterocycles. The Kier molecular flexibility index (Phi) is 6.39. The van der Waals surface area contributed by atoms with Crippen molar-refractivity contribution in [1.82, 2.24) is 9.55 Å². The molecule has 0 unspecified atom stereocenters. The van der Waals surface area contributed by atoms with Crippen molar-refractivity contribution in [3.8, 4) is 11.3 Å². The second-order valence-electron chi connectivity index (χ2n) is 7.87. The Morgan fingerprint density at radius 3 is 2.56 bits per heavy atom. The van der Waals surface area contributed by atoms with E-state index in [9.17, 15) is 18.4 Å². The Morgan fingerprint density at radius 1 is 1.03 bits per heavy atom. The van der Waals surface area contributed by atoms with Crippen molar-refractivity contribution >= 4 is 44.3 Å². The Bertz CT molecular complexity index is 1690. The highest BCUT2D eigenvalue weighted by Gasteiger charge is 2.18. The molecule has 0 aliphatic rings. The van der Waals surface area contributed by atoms with Gasteiger partial charge in [-0.3, -0.25) is 9.59 Å². The SMILES string of the molecule is CCOC(=O)Cn1c(=NC(=O)c2cc(-c3ccccc3)nc3ccccc23)sc2cc(F)cc(F)c21. The molecule has 0 aliphatic carbocycles. The van der Waals surface area contributed by atoms with Gasteiger partial charge in [-0.2, -0.15) is 4.99 Å². The lowest BCUT2D eigenvalue weighted by Gasteiger charge is -2.08. The zero-order valence-electron chi connectivity index (χ0n) is 19.1. The van der Waals surface area contributed by atoms with Crippen LogP contribution in [-0.4, -0.2) is 28.0 Å². The zero-order valence-corrected chi connectivity index (χ0v) is 19.9. The van der Waals surface area contributed by atoms with Crippen LogP contribution in [0.1, 0.15) is 17.3 Å². The van der Waals surface area contributed by atoms with Crippen LogP contribution in [0.3, 0.4) is 0 Å². The summed E-state index contributed by atoms with van der Waals surface area (Å²) in [4.78, 5) is 34.7. The third-order valence-corrected chi connectivity index (χ3v) is 6.53. The van der Waals surface area contributed by atoms with E-state index in [4.69, 9.17) is 4.74 Å². The molecule has 2 heterocycles. The number of fused-ring (bicyclic) bond motifs is 2. The highest BCUT2D eigenvalue weighted by atomic mass is 32.1. The first-order chi connectivity index (χ1) is 17.4. The Labute approximate surface area is 208 Å². The molecule has 5 aromatic rings. The van der Waals surface area contributed by atoms with Crippen LogP contribution in [0.2, 0.25) is 0 Å². The lowest BCUT2D eigenvalue weighted by atomic mass is 10.0. The number of hydrogen-bond acceptors (Lipinski definition) is 5. The van der Waals surface area contributed by atoms with Gasteiger partial charge in [0.25, 0.3) is 5.91 Å². The minimum Gasteiger partial charge on any atom is -0.465 e. The number of carbonyl (C=O) groups is 2. The van der Waals surface area contributed by atoms with Crippen molar-refractivity contribution in [2.45, 2.75) is 13.5 Å². The molecule has 1 amide bonds. The van der Waals surface area contributed by atoms with Gasteiger partial charge >= 0.3 is 5.97 Å². The van der Waals surface area contributed by atoms with Gasteiger partial charge in [0.05, 0.1) is 33.6 Å². The first kappa shape index (κ1) is 23.5. The van der Waals surface area contributed by atoms with E-state index in [-0.39, 0.29) is 28.2 Å². The summed E-state index contributed by atoms with van der Waals surface area (Å²) in [6.07, 6.45) is 0. The van der Waals surface area contributed by atoms with Gasteiger partial charge < -0.3 is 9.30 Å². The fourth-order valence-electron chi connectivity index (χ4n) is 3.95. The first-order valence-corrected chi connectivity index (χ1v) is 11.9. The summed E-state index contributed by atoms with van der Waals surface area (Å²) in [6, 6.07) is 20.1. The number of halogens is 2. The summed E-state index contributed by atoms with van der Waals surface area (Å²) in [6.45, 7) is 1.40. The number of thiazole rings is 1. The van der Waals surface area contributed by atoms with E-state index >= 15 is 0 Å². The van der Waals surface area contributed by atoms with E-state index < -0.39 is 23.5 Å². The molecule has 0 saturated carbocycles. The predicted molar refractivity (Wildman–Crippen MR) is 133 cm³/mol. The Hall–Kier alpha value is -4.24. The molecular formula is C27H19F2N3O3S. The normalized spacial score (nSPS) is 11.8. The highest BCUT2D eigenvalue weighted by molar-refractivity contribution is 7.16. The van der Waals surface area contributed by atoms with E-state index in [1.54, 1.807) is 31.2 Å². The van der Waals surface area contributed by atoms with Crippen molar-refractivity contribution in [3.05, 3.63) is 94.8 Å². The summed E-state index contributed by atoms with van der Waals surface area (Å²) in [5, 5.41) is 0.598. The largest absolute Gasteiger partial charge is 0.465 e. The highest BCUT2D eigenvalue weighted by Crippen LogP contribution is 2.26. The average molecular weight is 504 g/mol. The van der Waals surface area contributed by atoms with Gasteiger partial charge in [0.15, 0.2) is 10.6 Å². The summed E-state index contributed by atoms with van der Waals surface area (Å²) in [5.74, 6) is -2.86. The van der Waals surface area contributed by atoms with E-state index in [1.165, 1.54) is 4.57 Å². The maximum atomic E-state index is 14.7. The molecule has 0 N–H and O–H groups in total. The number of aromatic nitrogens is 2. The lowest BCUT2D eigenvalue weighted by molar-refractivity contribution is -0.143. The molecule has 0 atom stereocenters. The minimum atomic E-state index is -0.861. The fraction of sp³-hybridized carbons (Fsp3) is 0.111. The van der Waals surface area contributed by atoms with Crippen LogP contribution < -0.4 is 4.80 Å². The lowest BCUT2D eigenvalue weighted by Crippen LogP contribution is -2.23. The smallest absolute Gasteiger partial charge is 0.326 e. The maximum Gasteiger partial charge on any atom is 0.326 e. The van der Waals surface area contributed by atoms with E-state index in [2.05, 4.69) is 9.98 Å². The number of hydrogen-bond donors (Lipinski definition) is 0. The van der Waals surface area contributed by atoms with Crippen LogP contribution in [0, 0.1) is 11.6 Å². The van der Waals surface area contributed by atoms with Gasteiger partial charge in [-0.1, -0.05) is 59.9 Å². The molecule has 0 radical (unpaired) electrons. The van der Waals surface area contributed by atoms with Crippen LogP contribution in [0.15, 0.2) is 77.8 Å². The molecule has 5 rings (SSSR count). The van der Waals surface area contributed by atoms with Gasteiger partial charge in [-0.25, -0.2) is 13.8 Å². The number of ether oxygens (including phenoxy) is 1. The van der Waals surface area contributed by atoms with Crippen LogP contribution in [0.5, 0.6) is 0 Å². The van der Waals surface area contributed by atoms with Crippen molar-refractivity contribution in [2.24, 2.45) is 4.99 Å². The van der Waals surface area contributed by atoms with E-state index in [0.717, 1.165) is 29.0 Å². The van der Waals surface area contributed by atoms with E-state index in [1.807, 2.05) is 36.4 Å². The summed E-state index contributed by atoms with van der Waals surface area (Å²) in [7, 11) is 0. The van der Waals surface area contributed by atoms with Gasteiger partial charge in [0.1, 0.15) is 12.4 Å². The Morgan fingerprint density at radius 2 is 1.78 bits per heavy atom. The second kappa shape index (κ2) is 9.79. The van der Waals surface area contributed by atoms with Crippen molar-refractivity contribution in [2.75, 3.05) is 6.61 Å². The van der Waals surface area contributed by atoms with Crippen molar-refractivity contribution < 1.29 is 23.1 Å². The molecule has 0 aliphatic heterocycles. The molecule has 0 spiro atoms. The standard InChI is InChI=1S/C27H19F2N3O3S/c1-2-35-24(33)15-32-25-20(29)12-17(28)13-23(25)36-27(32)31-26(34)19-14-22(16-8-4-3-5-9-16)30-21-11-7-6-10-18(19)21/h3-14H,2,15H2,1H3. The average Bonchev–Trinajstić information content (AvgIpc) is 3.20. The minimum absolute atomic E-state index is 0.0226. The van der Waals surface area contributed by atoms with Crippen LogP contribution in [0.4, 0.5) is 8.78 Å². The third-order valence-electron chi connectivity index (χ3n) is 5.50. The van der Waals surface area contributed by atoms with Gasteiger partial charge in [-0.05, 0) is 25.1 Å². The number of benzene rings is 3. The molecular weight excluding hydrogens is 484 g/mol. The molecule has 6 nitrogen and oxygen atoms in total. The van der Waals surface area contributed by atoms with Crippen molar-refractivity contribution in [3.63, 3.8) is 0 Å². The zero-order chi connectivity index (χ0) is 25.2. The van der Waals surface area contributed by atoms with Crippen LogP contribution in [0.25, 0.3) is 32.4 Å².